The average molecular weight is 284 g/mol. The summed E-state index contributed by atoms with van der Waals surface area (Å²) in [6.45, 7) is 4.36. The molecule has 0 bridgehead atoms. The maximum atomic E-state index is 12.0. The van der Waals surface area contributed by atoms with Crippen LogP contribution in [0.3, 0.4) is 0 Å². The first-order chi connectivity index (χ1) is 8.58. The molecule has 0 spiro atoms. The second kappa shape index (κ2) is 6.92. The Bertz CT molecular complexity index is 398. The topological polar surface area (TPSA) is 29.5 Å². The van der Waals surface area contributed by atoms with Crippen LogP contribution in [0.25, 0.3) is 0 Å². The smallest absolute Gasteiger partial charge is 0.338 e. The molecule has 1 heterocycles. The van der Waals surface area contributed by atoms with Crippen molar-refractivity contribution in [2.45, 2.75) is 44.9 Å². The van der Waals surface area contributed by atoms with E-state index in [0.29, 0.717) is 17.6 Å². The average Bonchev–Trinajstić information content (AvgIpc) is 2.37. The molecule has 2 atom stereocenters. The number of ether oxygens (including phenoxy) is 1. The Balaban J connectivity index is 0.00000180. The maximum Gasteiger partial charge on any atom is 0.338 e. The number of halogens is 1. The number of hydrogen-bond acceptors (Lipinski definition) is 3. The number of carbonyl (C=O) groups excluding carboxylic acids is 1. The lowest BCUT2D eigenvalue weighted by Gasteiger charge is -2.39. The van der Waals surface area contributed by atoms with Crippen molar-refractivity contribution < 1.29 is 9.53 Å². The monoisotopic (exact) mass is 283 g/mol. The van der Waals surface area contributed by atoms with E-state index in [1.807, 2.05) is 18.2 Å². The van der Waals surface area contributed by atoms with Crippen LogP contribution in [-0.4, -0.2) is 36.1 Å². The molecular formula is C15H22ClNO2. The first-order valence-electron chi connectivity index (χ1n) is 6.56. The van der Waals surface area contributed by atoms with Gasteiger partial charge in [-0.2, -0.15) is 0 Å². The number of hydrogen-bond donors (Lipinski definition) is 0. The van der Waals surface area contributed by atoms with Crippen LogP contribution in [0.1, 0.15) is 37.0 Å². The van der Waals surface area contributed by atoms with E-state index in [4.69, 9.17) is 4.74 Å². The fraction of sp³-hybridized carbons (Fsp3) is 0.533. The standard InChI is InChI=1S/C15H21NO2.ClH/c1-11-9-14(10-12(2)16(11)3)18-15(17)13-7-5-4-6-8-13;/h4-8,11-12,14H,9-10H2,1-3H3;1H. The molecule has 0 aromatic heterocycles. The lowest BCUT2D eigenvalue weighted by Crippen LogP contribution is -2.46. The summed E-state index contributed by atoms with van der Waals surface area (Å²) >= 11 is 0. The molecule has 0 saturated carbocycles. The molecule has 0 radical (unpaired) electrons. The molecule has 1 aromatic rings. The van der Waals surface area contributed by atoms with E-state index in [0.717, 1.165) is 12.8 Å². The number of piperidine rings is 1. The normalized spacial score (nSPS) is 27.4. The summed E-state index contributed by atoms with van der Waals surface area (Å²) in [7, 11) is 2.13. The van der Waals surface area contributed by atoms with Gasteiger partial charge in [-0.3, -0.25) is 0 Å². The summed E-state index contributed by atoms with van der Waals surface area (Å²) < 4.78 is 5.60. The van der Waals surface area contributed by atoms with Crippen LogP contribution in [0.5, 0.6) is 0 Å². The number of benzene rings is 1. The Labute approximate surface area is 121 Å². The predicted octanol–water partition coefficient (Wildman–Crippen LogP) is 3.14. The SMILES string of the molecule is CC1CC(OC(=O)c2ccccc2)CC(C)N1C.Cl. The number of carbonyl (C=O) groups is 1. The molecule has 1 aliphatic heterocycles. The molecule has 106 valence electrons. The molecule has 2 rings (SSSR count). The van der Waals surface area contributed by atoms with Gasteiger partial charge in [-0.15, -0.1) is 12.4 Å². The molecule has 0 N–H and O–H groups in total. The van der Waals surface area contributed by atoms with Gasteiger partial charge in [0.25, 0.3) is 0 Å². The minimum atomic E-state index is -0.204. The molecule has 19 heavy (non-hydrogen) atoms. The van der Waals surface area contributed by atoms with Crippen molar-refractivity contribution in [3.05, 3.63) is 35.9 Å². The molecular weight excluding hydrogens is 262 g/mol. The Hall–Kier alpha value is -1.06. The Morgan fingerprint density at radius 1 is 1.16 bits per heavy atom. The third-order valence-corrected chi connectivity index (χ3v) is 3.88. The summed E-state index contributed by atoms with van der Waals surface area (Å²) in [4.78, 5) is 14.3. The molecule has 1 fully saturated rings. The van der Waals surface area contributed by atoms with Crippen molar-refractivity contribution in [3.63, 3.8) is 0 Å². The molecule has 1 aliphatic rings. The van der Waals surface area contributed by atoms with Gasteiger partial charge in [0.05, 0.1) is 5.56 Å². The fourth-order valence-corrected chi connectivity index (χ4v) is 2.51. The number of rotatable bonds is 2. The summed E-state index contributed by atoms with van der Waals surface area (Å²) in [5.41, 5.74) is 0.636. The zero-order valence-electron chi connectivity index (χ0n) is 11.7. The van der Waals surface area contributed by atoms with E-state index in [1.54, 1.807) is 12.1 Å². The largest absolute Gasteiger partial charge is 0.459 e. The molecule has 2 unspecified atom stereocenters. The maximum absolute atomic E-state index is 12.0. The van der Waals surface area contributed by atoms with Crippen LogP contribution >= 0.6 is 12.4 Å². The van der Waals surface area contributed by atoms with E-state index in [9.17, 15) is 4.79 Å². The molecule has 3 nitrogen and oxygen atoms in total. The van der Waals surface area contributed by atoms with Crippen LogP contribution in [0.2, 0.25) is 0 Å². The van der Waals surface area contributed by atoms with Gasteiger partial charge in [0, 0.05) is 12.1 Å². The van der Waals surface area contributed by atoms with E-state index in [-0.39, 0.29) is 24.5 Å². The van der Waals surface area contributed by atoms with Gasteiger partial charge < -0.3 is 9.64 Å². The quantitative estimate of drug-likeness (QED) is 0.781. The van der Waals surface area contributed by atoms with Crippen LogP contribution < -0.4 is 0 Å². The number of esters is 1. The highest BCUT2D eigenvalue weighted by atomic mass is 35.5. The zero-order valence-corrected chi connectivity index (χ0v) is 12.5. The van der Waals surface area contributed by atoms with Gasteiger partial charge in [0.2, 0.25) is 0 Å². The molecule has 1 aromatic carbocycles. The minimum Gasteiger partial charge on any atom is -0.459 e. The first kappa shape index (κ1) is 16.0. The van der Waals surface area contributed by atoms with Gasteiger partial charge in [0.15, 0.2) is 0 Å². The lowest BCUT2D eigenvalue weighted by molar-refractivity contribution is -0.00969. The second-order valence-corrected chi connectivity index (χ2v) is 5.23. The van der Waals surface area contributed by atoms with E-state index in [2.05, 4.69) is 25.8 Å². The van der Waals surface area contributed by atoms with Gasteiger partial charge in [0.1, 0.15) is 6.10 Å². The Kier molecular flexibility index (Phi) is 5.83. The van der Waals surface area contributed by atoms with E-state index < -0.39 is 0 Å². The fourth-order valence-electron chi connectivity index (χ4n) is 2.51. The van der Waals surface area contributed by atoms with E-state index in [1.165, 1.54) is 0 Å². The van der Waals surface area contributed by atoms with Gasteiger partial charge in [-0.05, 0) is 45.9 Å². The van der Waals surface area contributed by atoms with Gasteiger partial charge in [-0.25, -0.2) is 4.79 Å². The van der Waals surface area contributed by atoms with Crippen molar-refractivity contribution in [1.82, 2.24) is 4.90 Å². The Morgan fingerprint density at radius 2 is 1.68 bits per heavy atom. The highest BCUT2D eigenvalue weighted by Gasteiger charge is 2.30. The zero-order chi connectivity index (χ0) is 13.1. The van der Waals surface area contributed by atoms with Crippen molar-refractivity contribution in [2.24, 2.45) is 0 Å². The van der Waals surface area contributed by atoms with Crippen molar-refractivity contribution >= 4 is 18.4 Å². The molecule has 0 amide bonds. The summed E-state index contributed by atoms with van der Waals surface area (Å²) in [6.07, 6.45) is 1.87. The number of nitrogens with zero attached hydrogens (tertiary/aromatic N) is 1. The Morgan fingerprint density at radius 3 is 2.21 bits per heavy atom. The summed E-state index contributed by atoms with van der Waals surface area (Å²) in [5, 5.41) is 0. The van der Waals surface area contributed by atoms with E-state index >= 15 is 0 Å². The molecule has 4 heteroatoms. The lowest BCUT2D eigenvalue weighted by atomic mass is 9.95. The summed E-state index contributed by atoms with van der Waals surface area (Å²) in [5.74, 6) is -0.204. The van der Waals surface area contributed by atoms with Crippen LogP contribution in [0.4, 0.5) is 0 Å². The summed E-state index contributed by atoms with van der Waals surface area (Å²) in [6, 6.07) is 10.1. The molecule has 1 saturated heterocycles. The van der Waals surface area contributed by atoms with Crippen molar-refractivity contribution in [2.75, 3.05) is 7.05 Å². The third-order valence-electron chi connectivity index (χ3n) is 3.88. The van der Waals surface area contributed by atoms with Gasteiger partial charge >= 0.3 is 5.97 Å². The van der Waals surface area contributed by atoms with Crippen LogP contribution in [0.15, 0.2) is 30.3 Å². The first-order valence-corrected chi connectivity index (χ1v) is 6.56. The van der Waals surface area contributed by atoms with Crippen LogP contribution in [0, 0.1) is 0 Å². The number of likely N-dealkylation sites (tertiary alicyclic amines) is 1. The highest BCUT2D eigenvalue weighted by Crippen LogP contribution is 2.24. The van der Waals surface area contributed by atoms with Gasteiger partial charge in [-0.1, -0.05) is 18.2 Å². The van der Waals surface area contributed by atoms with Crippen molar-refractivity contribution in [1.29, 1.82) is 0 Å². The second-order valence-electron chi connectivity index (χ2n) is 5.23. The third kappa shape index (κ3) is 3.95. The van der Waals surface area contributed by atoms with Crippen LogP contribution in [-0.2, 0) is 4.74 Å². The predicted molar refractivity (Wildman–Crippen MR) is 78.8 cm³/mol. The molecule has 0 aliphatic carbocycles. The minimum absolute atomic E-state index is 0. The highest BCUT2D eigenvalue weighted by molar-refractivity contribution is 5.89. The van der Waals surface area contributed by atoms with Crippen molar-refractivity contribution in [3.8, 4) is 0 Å².